The Balaban J connectivity index is 0. The summed E-state index contributed by atoms with van der Waals surface area (Å²) in [5, 5.41) is 8.36. The molecule has 0 aliphatic heterocycles. The number of ether oxygens (including phenoxy) is 2. The van der Waals surface area contributed by atoms with Crippen LogP contribution < -0.4 is 0 Å². The van der Waals surface area contributed by atoms with Crippen LogP contribution in [0.3, 0.4) is 0 Å². The first-order chi connectivity index (χ1) is 6.97. The molecule has 15 heavy (non-hydrogen) atoms. The molecule has 0 fully saturated rings. The molecule has 0 saturated heterocycles. The van der Waals surface area contributed by atoms with Crippen LogP contribution in [0.2, 0.25) is 0 Å². The largest absolute Gasteiger partial charge is 0.463 e. The third-order valence-corrected chi connectivity index (χ3v) is 0.907. The number of aliphatic hydroxyl groups excluding tert-OH is 1. The Morgan fingerprint density at radius 1 is 1.33 bits per heavy atom. The van der Waals surface area contributed by atoms with Crippen molar-refractivity contribution in [2.75, 3.05) is 6.61 Å². The molecule has 0 aliphatic carbocycles. The summed E-state index contributed by atoms with van der Waals surface area (Å²) >= 11 is 0. The van der Waals surface area contributed by atoms with Crippen LogP contribution in [0.1, 0.15) is 13.8 Å². The van der Waals surface area contributed by atoms with Gasteiger partial charge < -0.3 is 14.6 Å². The van der Waals surface area contributed by atoms with Gasteiger partial charge in [-0.1, -0.05) is 13.2 Å². The Bertz CT molecular complexity index is 220. The van der Waals surface area contributed by atoms with Gasteiger partial charge in [-0.25, -0.2) is 9.59 Å². The van der Waals surface area contributed by atoms with Gasteiger partial charge in [0.15, 0.2) is 6.29 Å². The van der Waals surface area contributed by atoms with Crippen LogP contribution in [-0.4, -0.2) is 29.9 Å². The standard InChI is InChI=1S/C5H8O3.C5H8O2/c1-3-5(7)8-4(2)6;1-3-5(6)7-4-2/h3-4,6H,1H2,2H3;3H,1,4H2,2H3. The maximum absolute atomic E-state index is 10.1. The Morgan fingerprint density at radius 2 is 1.80 bits per heavy atom. The number of carbonyl (C=O) groups excluding carboxylic acids is 2. The lowest BCUT2D eigenvalue weighted by molar-refractivity contribution is -0.158. The zero-order valence-corrected chi connectivity index (χ0v) is 8.93. The van der Waals surface area contributed by atoms with Crippen molar-refractivity contribution in [2.24, 2.45) is 0 Å². The van der Waals surface area contributed by atoms with E-state index in [2.05, 4.69) is 22.6 Å². The number of hydrogen-bond donors (Lipinski definition) is 1. The Labute approximate surface area is 89.0 Å². The average Bonchev–Trinajstić information content (AvgIpc) is 2.18. The van der Waals surface area contributed by atoms with Crippen molar-refractivity contribution in [2.45, 2.75) is 20.1 Å². The van der Waals surface area contributed by atoms with E-state index in [4.69, 9.17) is 5.11 Å². The van der Waals surface area contributed by atoms with Gasteiger partial charge in [0.2, 0.25) is 0 Å². The highest BCUT2D eigenvalue weighted by molar-refractivity contribution is 5.81. The maximum Gasteiger partial charge on any atom is 0.332 e. The fourth-order valence-electron chi connectivity index (χ4n) is 0.417. The third-order valence-electron chi connectivity index (χ3n) is 0.907. The first kappa shape index (κ1) is 15.8. The molecule has 0 spiro atoms. The molecule has 0 radical (unpaired) electrons. The minimum Gasteiger partial charge on any atom is -0.463 e. The lowest BCUT2D eigenvalue weighted by Gasteiger charge is -2.01. The van der Waals surface area contributed by atoms with Crippen LogP contribution in [0, 0.1) is 0 Å². The average molecular weight is 216 g/mol. The molecule has 5 heteroatoms. The summed E-state index contributed by atoms with van der Waals surface area (Å²) in [5.41, 5.74) is 0. The number of aliphatic hydroxyl groups is 1. The molecule has 5 nitrogen and oxygen atoms in total. The van der Waals surface area contributed by atoms with Crippen LogP contribution in [0.5, 0.6) is 0 Å². The summed E-state index contributed by atoms with van der Waals surface area (Å²) in [6, 6.07) is 0. The molecule has 86 valence electrons. The van der Waals surface area contributed by atoms with Gasteiger partial charge in [-0.2, -0.15) is 0 Å². The maximum atomic E-state index is 10.1. The van der Waals surface area contributed by atoms with E-state index < -0.39 is 12.3 Å². The normalized spacial score (nSPS) is 10.1. The number of rotatable bonds is 4. The van der Waals surface area contributed by atoms with Crippen molar-refractivity contribution >= 4 is 11.9 Å². The van der Waals surface area contributed by atoms with E-state index >= 15 is 0 Å². The zero-order chi connectivity index (χ0) is 12.3. The van der Waals surface area contributed by atoms with Gasteiger partial charge in [0.05, 0.1) is 6.61 Å². The molecule has 0 rings (SSSR count). The quantitative estimate of drug-likeness (QED) is 0.427. The van der Waals surface area contributed by atoms with Gasteiger partial charge in [-0.05, 0) is 13.8 Å². The van der Waals surface area contributed by atoms with E-state index in [0.717, 1.165) is 12.2 Å². The number of esters is 2. The fraction of sp³-hybridized carbons (Fsp3) is 0.400. The molecule has 0 heterocycles. The van der Waals surface area contributed by atoms with Crippen LogP contribution in [-0.2, 0) is 19.1 Å². The van der Waals surface area contributed by atoms with Crippen molar-refractivity contribution in [3.63, 3.8) is 0 Å². The minimum absolute atomic E-state index is 0.359. The van der Waals surface area contributed by atoms with Crippen LogP contribution in [0.15, 0.2) is 25.3 Å². The van der Waals surface area contributed by atoms with Crippen LogP contribution >= 0.6 is 0 Å². The number of carbonyl (C=O) groups is 2. The molecule has 0 aromatic carbocycles. The van der Waals surface area contributed by atoms with E-state index in [0.29, 0.717) is 6.61 Å². The van der Waals surface area contributed by atoms with Gasteiger partial charge in [0.25, 0.3) is 0 Å². The van der Waals surface area contributed by atoms with Gasteiger partial charge >= 0.3 is 11.9 Å². The second kappa shape index (κ2) is 10.5. The molecular formula is C10H16O5. The fourth-order valence-corrected chi connectivity index (χ4v) is 0.417. The van der Waals surface area contributed by atoms with E-state index in [1.807, 2.05) is 0 Å². The summed E-state index contributed by atoms with van der Waals surface area (Å²) in [6.45, 7) is 9.85. The minimum atomic E-state index is -1.04. The first-order valence-electron chi connectivity index (χ1n) is 4.28. The lowest BCUT2D eigenvalue weighted by Crippen LogP contribution is -2.10. The molecule has 0 aromatic heterocycles. The smallest absolute Gasteiger partial charge is 0.332 e. The highest BCUT2D eigenvalue weighted by Crippen LogP contribution is 1.84. The Morgan fingerprint density at radius 3 is 1.93 bits per heavy atom. The van der Waals surface area contributed by atoms with Crippen molar-refractivity contribution in [3.05, 3.63) is 25.3 Å². The molecule has 0 aromatic rings. The predicted octanol–water partition coefficient (Wildman–Crippen LogP) is 0.789. The molecule has 1 N–H and O–H groups in total. The summed E-state index contributed by atoms with van der Waals surface area (Å²) in [6.07, 6.45) is 1.09. The van der Waals surface area contributed by atoms with Gasteiger partial charge in [0.1, 0.15) is 0 Å². The Hall–Kier alpha value is -1.62. The van der Waals surface area contributed by atoms with Gasteiger partial charge in [0, 0.05) is 12.2 Å². The Kier molecular flexibility index (Phi) is 11.0. The summed E-state index contributed by atoms with van der Waals surface area (Å²) in [7, 11) is 0. The summed E-state index contributed by atoms with van der Waals surface area (Å²) in [5.74, 6) is -0.970. The highest BCUT2D eigenvalue weighted by atomic mass is 16.6. The third kappa shape index (κ3) is 15.2. The molecule has 0 aliphatic rings. The number of hydrogen-bond acceptors (Lipinski definition) is 5. The molecular weight excluding hydrogens is 200 g/mol. The first-order valence-corrected chi connectivity index (χ1v) is 4.28. The van der Waals surface area contributed by atoms with Crippen LogP contribution in [0.25, 0.3) is 0 Å². The molecule has 1 unspecified atom stereocenters. The van der Waals surface area contributed by atoms with Gasteiger partial charge in [-0.15, -0.1) is 0 Å². The summed E-state index contributed by atoms with van der Waals surface area (Å²) < 4.78 is 8.63. The molecule has 1 atom stereocenters. The molecule has 0 amide bonds. The SMILES string of the molecule is C=CC(=O)OC(C)O.C=CC(=O)OCC. The second-order valence-electron chi connectivity index (χ2n) is 2.20. The summed E-state index contributed by atoms with van der Waals surface area (Å²) in [4.78, 5) is 20.2. The topological polar surface area (TPSA) is 72.8 Å². The monoisotopic (exact) mass is 216 g/mol. The van der Waals surface area contributed by atoms with Crippen molar-refractivity contribution < 1.29 is 24.2 Å². The van der Waals surface area contributed by atoms with Crippen molar-refractivity contribution in [3.8, 4) is 0 Å². The van der Waals surface area contributed by atoms with E-state index in [1.165, 1.54) is 6.92 Å². The predicted molar refractivity (Wildman–Crippen MR) is 54.8 cm³/mol. The van der Waals surface area contributed by atoms with E-state index in [-0.39, 0.29) is 5.97 Å². The van der Waals surface area contributed by atoms with E-state index in [9.17, 15) is 9.59 Å². The zero-order valence-electron chi connectivity index (χ0n) is 8.93. The van der Waals surface area contributed by atoms with Crippen molar-refractivity contribution in [1.82, 2.24) is 0 Å². The molecule has 0 saturated carbocycles. The molecule has 0 bridgehead atoms. The lowest BCUT2D eigenvalue weighted by atomic mass is 10.6. The highest BCUT2D eigenvalue weighted by Gasteiger charge is 1.97. The van der Waals surface area contributed by atoms with Crippen LogP contribution in [0.4, 0.5) is 0 Å². The van der Waals surface area contributed by atoms with Gasteiger partial charge in [-0.3, -0.25) is 0 Å². The van der Waals surface area contributed by atoms with Crippen molar-refractivity contribution in [1.29, 1.82) is 0 Å². The second-order valence-corrected chi connectivity index (χ2v) is 2.20. The van der Waals surface area contributed by atoms with E-state index in [1.54, 1.807) is 6.92 Å².